The minimum absolute atomic E-state index is 1.02. The summed E-state index contributed by atoms with van der Waals surface area (Å²) in [4.78, 5) is 4.57. The van der Waals surface area contributed by atoms with Crippen LogP contribution in [0.4, 0.5) is 0 Å². The average molecular weight is 231 g/mol. The van der Waals surface area contributed by atoms with Gasteiger partial charge in [0.2, 0.25) is 0 Å². The van der Waals surface area contributed by atoms with Gasteiger partial charge in [0.15, 0.2) is 0 Å². The van der Waals surface area contributed by atoms with Crippen LogP contribution in [0.15, 0.2) is 48.7 Å². The smallest absolute Gasteiger partial charge is 0.0743 e. The van der Waals surface area contributed by atoms with Crippen molar-refractivity contribution in [2.45, 2.75) is 13.3 Å². The molecule has 18 heavy (non-hydrogen) atoms. The molecule has 2 aromatic carbocycles. The van der Waals surface area contributed by atoms with E-state index in [1.807, 2.05) is 6.20 Å². The number of fused-ring (bicyclic) bond motifs is 4. The standard InChI is InChI=1S/C17H13N/c1-11-6-7-18-17-15(11)10-14-8-12-4-2-3-5-13(12)9-16(14)17/h2-9H,10H2,1H3. The van der Waals surface area contributed by atoms with Crippen molar-refractivity contribution in [3.05, 3.63) is 65.4 Å². The van der Waals surface area contributed by atoms with Crippen molar-refractivity contribution < 1.29 is 0 Å². The Bertz CT molecular complexity index is 772. The summed E-state index contributed by atoms with van der Waals surface area (Å²) in [6, 6.07) is 15.2. The molecular weight excluding hydrogens is 218 g/mol. The molecule has 1 aromatic heterocycles. The molecule has 0 fully saturated rings. The quantitative estimate of drug-likeness (QED) is 0.443. The van der Waals surface area contributed by atoms with Crippen molar-refractivity contribution in [1.82, 2.24) is 4.98 Å². The molecule has 1 nitrogen and oxygen atoms in total. The lowest BCUT2D eigenvalue weighted by Gasteiger charge is -2.03. The highest BCUT2D eigenvalue weighted by Gasteiger charge is 2.21. The van der Waals surface area contributed by atoms with Crippen LogP contribution in [0.2, 0.25) is 0 Å². The summed E-state index contributed by atoms with van der Waals surface area (Å²) in [7, 11) is 0. The second kappa shape index (κ2) is 3.42. The highest BCUT2D eigenvalue weighted by molar-refractivity contribution is 5.91. The molecule has 0 N–H and O–H groups in total. The molecule has 0 saturated heterocycles. The lowest BCUT2D eigenvalue weighted by atomic mass is 10.0. The lowest BCUT2D eigenvalue weighted by molar-refractivity contribution is 1.18. The molecule has 4 rings (SSSR count). The van der Waals surface area contributed by atoms with Gasteiger partial charge in [0.05, 0.1) is 5.69 Å². The molecule has 0 atom stereocenters. The van der Waals surface area contributed by atoms with Gasteiger partial charge in [-0.2, -0.15) is 0 Å². The largest absolute Gasteiger partial charge is 0.256 e. The lowest BCUT2D eigenvalue weighted by Crippen LogP contribution is -1.87. The monoisotopic (exact) mass is 231 g/mol. The minimum Gasteiger partial charge on any atom is -0.256 e. The van der Waals surface area contributed by atoms with Gasteiger partial charge in [-0.3, -0.25) is 4.98 Å². The summed E-state index contributed by atoms with van der Waals surface area (Å²) < 4.78 is 0. The third kappa shape index (κ3) is 1.25. The Kier molecular flexibility index (Phi) is 1.87. The van der Waals surface area contributed by atoms with Crippen LogP contribution in [-0.4, -0.2) is 4.98 Å². The molecule has 0 unspecified atom stereocenters. The highest BCUT2D eigenvalue weighted by Crippen LogP contribution is 2.38. The van der Waals surface area contributed by atoms with Gasteiger partial charge in [-0.05, 0) is 46.5 Å². The zero-order valence-corrected chi connectivity index (χ0v) is 10.3. The van der Waals surface area contributed by atoms with Gasteiger partial charge >= 0.3 is 0 Å². The SMILES string of the molecule is Cc1ccnc2c1Cc1cc3ccccc3cc1-2. The molecule has 0 radical (unpaired) electrons. The normalized spacial score (nSPS) is 12.5. The van der Waals surface area contributed by atoms with Crippen molar-refractivity contribution in [2.75, 3.05) is 0 Å². The Labute approximate surface area is 106 Å². The van der Waals surface area contributed by atoms with Crippen molar-refractivity contribution in [3.63, 3.8) is 0 Å². The topological polar surface area (TPSA) is 12.9 Å². The zero-order valence-electron chi connectivity index (χ0n) is 10.3. The van der Waals surface area contributed by atoms with Gasteiger partial charge in [-0.1, -0.05) is 30.3 Å². The molecule has 0 aliphatic heterocycles. The number of aromatic nitrogens is 1. The van der Waals surface area contributed by atoms with Gasteiger partial charge < -0.3 is 0 Å². The van der Waals surface area contributed by atoms with Crippen LogP contribution < -0.4 is 0 Å². The van der Waals surface area contributed by atoms with E-state index in [4.69, 9.17) is 0 Å². The maximum atomic E-state index is 4.57. The Balaban J connectivity index is 2.06. The Morgan fingerprint density at radius 1 is 1.00 bits per heavy atom. The van der Waals surface area contributed by atoms with E-state index >= 15 is 0 Å². The van der Waals surface area contributed by atoms with E-state index in [9.17, 15) is 0 Å². The third-order valence-corrected chi connectivity index (χ3v) is 3.88. The van der Waals surface area contributed by atoms with E-state index in [1.54, 1.807) is 0 Å². The van der Waals surface area contributed by atoms with Gasteiger partial charge in [0.25, 0.3) is 0 Å². The molecular formula is C17H13N. The Morgan fingerprint density at radius 2 is 1.78 bits per heavy atom. The molecule has 0 bridgehead atoms. The van der Waals surface area contributed by atoms with Crippen LogP contribution in [0, 0.1) is 6.92 Å². The molecule has 86 valence electrons. The molecule has 0 amide bonds. The molecule has 1 heterocycles. The number of hydrogen-bond acceptors (Lipinski definition) is 1. The van der Waals surface area contributed by atoms with Crippen molar-refractivity contribution in [1.29, 1.82) is 0 Å². The number of nitrogens with zero attached hydrogens (tertiary/aromatic N) is 1. The third-order valence-electron chi connectivity index (χ3n) is 3.88. The van der Waals surface area contributed by atoms with Crippen molar-refractivity contribution in [2.24, 2.45) is 0 Å². The minimum atomic E-state index is 1.02. The first-order chi connectivity index (χ1) is 8.83. The second-order valence-corrected chi connectivity index (χ2v) is 4.99. The van der Waals surface area contributed by atoms with E-state index in [2.05, 4.69) is 54.4 Å². The number of benzene rings is 2. The van der Waals surface area contributed by atoms with E-state index in [-0.39, 0.29) is 0 Å². The highest BCUT2D eigenvalue weighted by atomic mass is 14.7. The summed E-state index contributed by atoms with van der Waals surface area (Å²) in [5.74, 6) is 0. The molecule has 0 spiro atoms. The summed E-state index contributed by atoms with van der Waals surface area (Å²) in [6.07, 6.45) is 2.94. The fraction of sp³-hybridized carbons (Fsp3) is 0.118. The van der Waals surface area contributed by atoms with Gasteiger partial charge in [0.1, 0.15) is 0 Å². The predicted octanol–water partition coefficient (Wildman–Crippen LogP) is 4.11. The maximum absolute atomic E-state index is 4.57. The number of rotatable bonds is 0. The van der Waals surface area contributed by atoms with Gasteiger partial charge in [0, 0.05) is 18.2 Å². The Hall–Kier alpha value is -2.15. The maximum Gasteiger partial charge on any atom is 0.0743 e. The Morgan fingerprint density at radius 3 is 2.61 bits per heavy atom. The first kappa shape index (κ1) is 9.84. The summed E-state index contributed by atoms with van der Waals surface area (Å²) in [6.45, 7) is 2.17. The molecule has 1 aliphatic rings. The van der Waals surface area contributed by atoms with Crippen LogP contribution in [0.5, 0.6) is 0 Å². The number of hydrogen-bond donors (Lipinski definition) is 0. The van der Waals surface area contributed by atoms with Crippen molar-refractivity contribution in [3.8, 4) is 11.3 Å². The first-order valence-electron chi connectivity index (χ1n) is 6.29. The number of aryl methyl sites for hydroxylation is 1. The summed E-state index contributed by atoms with van der Waals surface area (Å²) in [5.41, 5.74) is 6.64. The molecule has 3 aromatic rings. The van der Waals surface area contributed by atoms with Crippen LogP contribution >= 0.6 is 0 Å². The van der Waals surface area contributed by atoms with Crippen LogP contribution in [0.25, 0.3) is 22.0 Å². The molecule has 1 aliphatic carbocycles. The summed E-state index contributed by atoms with van der Waals surface area (Å²) >= 11 is 0. The molecule has 1 heteroatoms. The fourth-order valence-electron chi connectivity index (χ4n) is 2.89. The van der Waals surface area contributed by atoms with E-state index < -0.39 is 0 Å². The summed E-state index contributed by atoms with van der Waals surface area (Å²) in [5, 5.41) is 2.62. The van der Waals surface area contributed by atoms with E-state index in [0.29, 0.717) is 0 Å². The van der Waals surface area contributed by atoms with Gasteiger partial charge in [-0.15, -0.1) is 0 Å². The molecule has 0 saturated carbocycles. The average Bonchev–Trinajstić information content (AvgIpc) is 2.76. The van der Waals surface area contributed by atoms with E-state index in [1.165, 1.54) is 38.7 Å². The van der Waals surface area contributed by atoms with Crippen LogP contribution in [0.3, 0.4) is 0 Å². The number of pyridine rings is 1. The zero-order chi connectivity index (χ0) is 12.1. The first-order valence-corrected chi connectivity index (χ1v) is 6.29. The van der Waals surface area contributed by atoms with Crippen LogP contribution in [0.1, 0.15) is 16.7 Å². The van der Waals surface area contributed by atoms with E-state index in [0.717, 1.165) is 6.42 Å². The van der Waals surface area contributed by atoms with Gasteiger partial charge in [-0.25, -0.2) is 0 Å². The second-order valence-electron chi connectivity index (χ2n) is 4.99. The predicted molar refractivity (Wildman–Crippen MR) is 74.7 cm³/mol. The van der Waals surface area contributed by atoms with Crippen molar-refractivity contribution >= 4 is 10.8 Å². The van der Waals surface area contributed by atoms with Crippen LogP contribution in [-0.2, 0) is 6.42 Å². The fourth-order valence-corrected chi connectivity index (χ4v) is 2.89.